The topological polar surface area (TPSA) is 72.3 Å². The Labute approximate surface area is 164 Å². The van der Waals surface area contributed by atoms with Gasteiger partial charge in [-0.25, -0.2) is 4.68 Å². The molecule has 2 aromatic rings. The van der Waals surface area contributed by atoms with Gasteiger partial charge in [-0.15, -0.1) is 5.10 Å². The Balaban J connectivity index is 1.42. The zero-order valence-corrected chi connectivity index (χ0v) is 16.4. The number of carbonyl (C=O) groups is 1. The average molecular weight is 392 g/mol. The van der Waals surface area contributed by atoms with Crippen LogP contribution >= 0.6 is 11.6 Å². The van der Waals surface area contributed by atoms with Gasteiger partial charge in [-0.1, -0.05) is 28.9 Å². The number of piperidine rings is 1. The highest BCUT2D eigenvalue weighted by atomic mass is 35.5. The van der Waals surface area contributed by atoms with Gasteiger partial charge in [-0.2, -0.15) is 0 Å². The number of amides is 1. The van der Waals surface area contributed by atoms with E-state index in [9.17, 15) is 4.79 Å². The molecule has 0 unspecified atom stereocenters. The van der Waals surface area contributed by atoms with E-state index in [2.05, 4.69) is 20.5 Å². The third kappa shape index (κ3) is 6.02. The zero-order valence-electron chi connectivity index (χ0n) is 15.6. The van der Waals surface area contributed by atoms with Crippen molar-refractivity contribution in [3.05, 3.63) is 46.7 Å². The molecular formula is C19H26ClN5O2. The summed E-state index contributed by atoms with van der Waals surface area (Å²) in [6.45, 7) is 5.10. The SMILES string of the molecule is COCCN1CCC(CNC(=O)c2cn(Cc3ccc(Cl)cc3)nn2)CC1. The normalized spacial score (nSPS) is 15.8. The van der Waals surface area contributed by atoms with Gasteiger partial charge in [-0.3, -0.25) is 4.79 Å². The largest absolute Gasteiger partial charge is 0.383 e. The van der Waals surface area contributed by atoms with Crippen LogP contribution in [-0.2, 0) is 11.3 Å². The van der Waals surface area contributed by atoms with E-state index in [0.717, 1.165) is 44.6 Å². The van der Waals surface area contributed by atoms with Crippen LogP contribution in [0.1, 0.15) is 28.9 Å². The fourth-order valence-electron chi connectivity index (χ4n) is 3.22. The monoisotopic (exact) mass is 391 g/mol. The van der Waals surface area contributed by atoms with Gasteiger partial charge in [-0.05, 0) is 49.5 Å². The summed E-state index contributed by atoms with van der Waals surface area (Å²) in [6, 6.07) is 7.54. The molecule has 7 nitrogen and oxygen atoms in total. The van der Waals surface area contributed by atoms with Crippen LogP contribution < -0.4 is 5.32 Å². The summed E-state index contributed by atoms with van der Waals surface area (Å²) in [5.41, 5.74) is 1.40. The van der Waals surface area contributed by atoms with Crippen LogP contribution in [0.3, 0.4) is 0 Å². The molecule has 3 rings (SSSR count). The van der Waals surface area contributed by atoms with E-state index in [1.54, 1.807) is 18.0 Å². The molecule has 1 aliphatic heterocycles. The number of likely N-dealkylation sites (tertiary alicyclic amines) is 1. The summed E-state index contributed by atoms with van der Waals surface area (Å²) >= 11 is 5.89. The molecule has 1 fully saturated rings. The van der Waals surface area contributed by atoms with Gasteiger partial charge in [0.05, 0.1) is 19.3 Å². The number of ether oxygens (including phenoxy) is 1. The minimum absolute atomic E-state index is 0.167. The summed E-state index contributed by atoms with van der Waals surface area (Å²) in [6.07, 6.45) is 3.86. The number of hydrogen-bond acceptors (Lipinski definition) is 5. The highest BCUT2D eigenvalue weighted by Gasteiger charge is 2.20. The summed E-state index contributed by atoms with van der Waals surface area (Å²) in [7, 11) is 1.73. The van der Waals surface area contributed by atoms with Gasteiger partial charge >= 0.3 is 0 Å². The summed E-state index contributed by atoms with van der Waals surface area (Å²) in [5, 5.41) is 11.7. The number of hydrogen-bond donors (Lipinski definition) is 1. The lowest BCUT2D eigenvalue weighted by atomic mass is 9.97. The van der Waals surface area contributed by atoms with Crippen molar-refractivity contribution in [1.82, 2.24) is 25.2 Å². The molecule has 2 heterocycles. The van der Waals surface area contributed by atoms with Crippen molar-refractivity contribution >= 4 is 17.5 Å². The maximum absolute atomic E-state index is 12.3. The summed E-state index contributed by atoms with van der Waals surface area (Å²) < 4.78 is 6.78. The molecule has 1 N–H and O–H groups in total. The molecule has 0 spiro atoms. The summed E-state index contributed by atoms with van der Waals surface area (Å²) in [5.74, 6) is 0.344. The van der Waals surface area contributed by atoms with E-state index in [1.165, 1.54) is 0 Å². The Hall–Kier alpha value is -1.96. The minimum Gasteiger partial charge on any atom is -0.383 e. The number of aromatic nitrogens is 3. The molecule has 1 saturated heterocycles. The van der Waals surface area contributed by atoms with Crippen LogP contribution in [-0.4, -0.2) is 65.7 Å². The van der Waals surface area contributed by atoms with E-state index in [1.807, 2.05) is 24.3 Å². The number of rotatable bonds is 8. The van der Waals surface area contributed by atoms with Gasteiger partial charge in [0.25, 0.3) is 5.91 Å². The highest BCUT2D eigenvalue weighted by molar-refractivity contribution is 6.30. The summed E-state index contributed by atoms with van der Waals surface area (Å²) in [4.78, 5) is 14.7. The molecule has 1 aromatic carbocycles. The predicted molar refractivity (Wildman–Crippen MR) is 104 cm³/mol. The Kier molecular flexibility index (Phi) is 7.20. The smallest absolute Gasteiger partial charge is 0.273 e. The minimum atomic E-state index is -0.167. The Morgan fingerprint density at radius 3 is 2.74 bits per heavy atom. The van der Waals surface area contributed by atoms with E-state index < -0.39 is 0 Å². The second kappa shape index (κ2) is 9.82. The Bertz CT molecular complexity index is 726. The highest BCUT2D eigenvalue weighted by Crippen LogP contribution is 2.16. The van der Waals surface area contributed by atoms with Crippen LogP contribution in [0.4, 0.5) is 0 Å². The third-order valence-electron chi connectivity index (χ3n) is 4.90. The molecule has 0 atom stereocenters. The first-order valence-electron chi connectivity index (χ1n) is 9.28. The molecule has 0 aliphatic carbocycles. The molecular weight excluding hydrogens is 366 g/mol. The molecule has 0 bridgehead atoms. The van der Waals surface area contributed by atoms with Crippen LogP contribution in [0.25, 0.3) is 0 Å². The zero-order chi connectivity index (χ0) is 19.1. The third-order valence-corrected chi connectivity index (χ3v) is 5.15. The average Bonchev–Trinajstić information content (AvgIpc) is 3.16. The second-order valence-corrected chi connectivity index (χ2v) is 7.35. The predicted octanol–water partition coefficient (Wildman–Crippen LogP) is 2.07. The van der Waals surface area contributed by atoms with Crippen molar-refractivity contribution in [3.8, 4) is 0 Å². The van der Waals surface area contributed by atoms with Crippen LogP contribution in [0.5, 0.6) is 0 Å². The van der Waals surface area contributed by atoms with Gasteiger partial charge < -0.3 is 15.0 Å². The van der Waals surface area contributed by atoms with E-state index in [4.69, 9.17) is 16.3 Å². The van der Waals surface area contributed by atoms with Gasteiger partial charge in [0.15, 0.2) is 5.69 Å². The van der Waals surface area contributed by atoms with Gasteiger partial charge in [0.2, 0.25) is 0 Å². The van der Waals surface area contributed by atoms with Gasteiger partial charge in [0.1, 0.15) is 0 Å². The lowest BCUT2D eigenvalue weighted by Gasteiger charge is -2.31. The van der Waals surface area contributed by atoms with Crippen molar-refractivity contribution in [2.75, 3.05) is 39.9 Å². The maximum atomic E-state index is 12.3. The number of carbonyl (C=O) groups excluding carboxylic acids is 1. The molecule has 1 aliphatic rings. The number of nitrogens with zero attached hydrogens (tertiary/aromatic N) is 4. The van der Waals surface area contributed by atoms with E-state index >= 15 is 0 Å². The number of methoxy groups -OCH3 is 1. The van der Waals surface area contributed by atoms with Crippen LogP contribution in [0, 0.1) is 5.92 Å². The van der Waals surface area contributed by atoms with Crippen molar-refractivity contribution in [2.45, 2.75) is 19.4 Å². The molecule has 8 heteroatoms. The first-order chi connectivity index (χ1) is 13.1. The second-order valence-electron chi connectivity index (χ2n) is 6.92. The lowest BCUT2D eigenvalue weighted by molar-refractivity contribution is 0.0921. The van der Waals surface area contributed by atoms with Crippen LogP contribution in [0.15, 0.2) is 30.5 Å². The van der Waals surface area contributed by atoms with E-state index in [0.29, 0.717) is 29.7 Å². The fourth-order valence-corrected chi connectivity index (χ4v) is 3.34. The molecule has 0 radical (unpaired) electrons. The molecule has 146 valence electrons. The van der Waals surface area contributed by atoms with Gasteiger partial charge in [0, 0.05) is 25.2 Å². The number of nitrogens with one attached hydrogen (secondary N) is 1. The Morgan fingerprint density at radius 1 is 1.30 bits per heavy atom. The van der Waals surface area contributed by atoms with Crippen molar-refractivity contribution < 1.29 is 9.53 Å². The lowest BCUT2D eigenvalue weighted by Crippen LogP contribution is -2.39. The molecule has 1 aromatic heterocycles. The van der Waals surface area contributed by atoms with Crippen LogP contribution in [0.2, 0.25) is 5.02 Å². The maximum Gasteiger partial charge on any atom is 0.273 e. The fraction of sp³-hybridized carbons (Fsp3) is 0.526. The molecule has 27 heavy (non-hydrogen) atoms. The number of benzene rings is 1. The van der Waals surface area contributed by atoms with E-state index in [-0.39, 0.29) is 5.91 Å². The Morgan fingerprint density at radius 2 is 2.04 bits per heavy atom. The van der Waals surface area contributed by atoms with Crippen molar-refractivity contribution in [3.63, 3.8) is 0 Å². The first-order valence-corrected chi connectivity index (χ1v) is 9.66. The quantitative estimate of drug-likeness (QED) is 0.745. The number of halogens is 1. The standard InChI is InChI=1S/C19H26ClN5O2/c1-27-11-10-24-8-6-15(7-9-24)12-21-19(26)18-14-25(23-22-18)13-16-2-4-17(20)5-3-16/h2-5,14-15H,6-13H2,1H3,(H,21,26). The molecule has 1 amide bonds. The van der Waals surface area contributed by atoms with Crippen molar-refractivity contribution in [1.29, 1.82) is 0 Å². The molecule has 0 saturated carbocycles. The first kappa shape index (κ1) is 19.8. The van der Waals surface area contributed by atoms with Crippen molar-refractivity contribution in [2.24, 2.45) is 5.92 Å².